The monoisotopic (exact) mass is 217 g/mol. The Morgan fingerprint density at radius 1 is 1.36 bits per heavy atom. The van der Waals surface area contributed by atoms with Crippen molar-refractivity contribution in [3.63, 3.8) is 0 Å². The first-order valence-corrected chi connectivity index (χ1v) is 4.65. The van der Waals surface area contributed by atoms with Crippen LogP contribution in [0.15, 0.2) is 0 Å². The van der Waals surface area contributed by atoms with Crippen LogP contribution in [0.25, 0.3) is 0 Å². The maximum atomic E-state index is 4.28. The van der Waals surface area contributed by atoms with Crippen LogP contribution >= 0.6 is 12.4 Å². The van der Waals surface area contributed by atoms with E-state index in [1.807, 2.05) is 6.92 Å². The maximum absolute atomic E-state index is 4.28. The quantitative estimate of drug-likeness (QED) is 0.729. The molecule has 80 valence electrons. The first kappa shape index (κ1) is 11.4. The second-order valence-electron chi connectivity index (χ2n) is 3.36. The molecule has 5 nitrogen and oxygen atoms in total. The van der Waals surface area contributed by atoms with E-state index in [-0.39, 0.29) is 12.4 Å². The molecule has 0 aliphatic carbocycles. The van der Waals surface area contributed by atoms with E-state index in [0.29, 0.717) is 0 Å². The van der Waals surface area contributed by atoms with Gasteiger partial charge in [0.1, 0.15) is 5.82 Å². The van der Waals surface area contributed by atoms with Gasteiger partial charge in [-0.1, -0.05) is 0 Å². The van der Waals surface area contributed by atoms with Crippen LogP contribution in [0, 0.1) is 6.92 Å². The van der Waals surface area contributed by atoms with Crippen molar-refractivity contribution >= 4 is 12.4 Å². The third-order valence-electron chi connectivity index (χ3n) is 2.22. The van der Waals surface area contributed by atoms with Gasteiger partial charge >= 0.3 is 0 Å². The molecule has 14 heavy (non-hydrogen) atoms. The molecule has 1 fully saturated rings. The van der Waals surface area contributed by atoms with Crippen LogP contribution < -0.4 is 5.32 Å². The van der Waals surface area contributed by atoms with Gasteiger partial charge in [-0.25, -0.2) is 4.98 Å². The van der Waals surface area contributed by atoms with Crippen molar-refractivity contribution in [1.29, 1.82) is 0 Å². The molecule has 1 aliphatic heterocycles. The summed E-state index contributed by atoms with van der Waals surface area (Å²) in [4.78, 5) is 6.64. The van der Waals surface area contributed by atoms with Gasteiger partial charge in [0, 0.05) is 26.2 Å². The van der Waals surface area contributed by atoms with Gasteiger partial charge in [-0.3, -0.25) is 10.00 Å². The maximum Gasteiger partial charge on any atom is 0.164 e. The lowest BCUT2D eigenvalue weighted by Crippen LogP contribution is -2.43. The molecule has 2 heterocycles. The lowest BCUT2D eigenvalue weighted by molar-refractivity contribution is 0.228. The minimum Gasteiger partial charge on any atom is -0.314 e. The zero-order valence-electron chi connectivity index (χ0n) is 8.29. The fourth-order valence-corrected chi connectivity index (χ4v) is 1.53. The van der Waals surface area contributed by atoms with E-state index in [0.717, 1.165) is 44.4 Å². The molecule has 0 radical (unpaired) electrons. The average molecular weight is 218 g/mol. The summed E-state index contributed by atoms with van der Waals surface area (Å²) in [5.41, 5.74) is 0. The Balaban J connectivity index is 0.000000980. The Labute approximate surface area is 89.7 Å². The first-order chi connectivity index (χ1) is 6.34. The number of halogens is 1. The highest BCUT2D eigenvalue weighted by Gasteiger charge is 2.11. The normalized spacial score (nSPS) is 17.8. The van der Waals surface area contributed by atoms with Crippen LogP contribution in [-0.2, 0) is 6.54 Å². The Bertz CT molecular complexity index is 268. The highest BCUT2D eigenvalue weighted by Crippen LogP contribution is 1.99. The molecule has 0 unspecified atom stereocenters. The Morgan fingerprint density at radius 2 is 2.07 bits per heavy atom. The standard InChI is InChI=1S/C8H15N5.ClH/c1-7-10-8(12-11-7)6-13-4-2-9-3-5-13;/h9H,2-6H2,1H3,(H,10,11,12);1H. The highest BCUT2D eigenvalue weighted by molar-refractivity contribution is 5.85. The summed E-state index contributed by atoms with van der Waals surface area (Å²) in [6.07, 6.45) is 0. The fourth-order valence-electron chi connectivity index (χ4n) is 1.53. The molecular weight excluding hydrogens is 202 g/mol. The molecule has 0 saturated carbocycles. The zero-order chi connectivity index (χ0) is 9.10. The number of piperazine rings is 1. The lowest BCUT2D eigenvalue weighted by atomic mass is 10.3. The predicted octanol–water partition coefficient (Wildman–Crippen LogP) is -0.0599. The second kappa shape index (κ2) is 5.29. The molecule has 0 spiro atoms. The average Bonchev–Trinajstić information content (AvgIpc) is 2.53. The Hall–Kier alpha value is -0.650. The molecule has 1 aromatic rings. The van der Waals surface area contributed by atoms with E-state index in [4.69, 9.17) is 0 Å². The van der Waals surface area contributed by atoms with Gasteiger partial charge in [0.15, 0.2) is 5.82 Å². The van der Waals surface area contributed by atoms with Gasteiger partial charge in [-0.2, -0.15) is 5.10 Å². The van der Waals surface area contributed by atoms with E-state index in [2.05, 4.69) is 25.4 Å². The number of nitrogens with one attached hydrogen (secondary N) is 2. The number of hydrogen-bond donors (Lipinski definition) is 2. The van der Waals surface area contributed by atoms with Crippen LogP contribution in [-0.4, -0.2) is 46.3 Å². The summed E-state index contributed by atoms with van der Waals surface area (Å²) < 4.78 is 0. The molecule has 1 aromatic heterocycles. The minimum absolute atomic E-state index is 0. The van der Waals surface area contributed by atoms with Crippen molar-refractivity contribution in [3.8, 4) is 0 Å². The van der Waals surface area contributed by atoms with Crippen molar-refractivity contribution in [1.82, 2.24) is 25.4 Å². The molecule has 0 bridgehead atoms. The van der Waals surface area contributed by atoms with E-state index in [1.165, 1.54) is 0 Å². The van der Waals surface area contributed by atoms with Crippen LogP contribution in [0.1, 0.15) is 11.6 Å². The van der Waals surface area contributed by atoms with Crippen molar-refractivity contribution in [2.45, 2.75) is 13.5 Å². The van der Waals surface area contributed by atoms with Crippen molar-refractivity contribution in [2.24, 2.45) is 0 Å². The van der Waals surface area contributed by atoms with Crippen LogP contribution in [0.4, 0.5) is 0 Å². The molecule has 1 saturated heterocycles. The molecule has 0 amide bonds. The van der Waals surface area contributed by atoms with Gasteiger partial charge in [-0.05, 0) is 6.92 Å². The third-order valence-corrected chi connectivity index (χ3v) is 2.22. The molecule has 1 aliphatic rings. The van der Waals surface area contributed by atoms with Gasteiger partial charge in [0.2, 0.25) is 0 Å². The number of aromatic amines is 1. The van der Waals surface area contributed by atoms with Crippen molar-refractivity contribution in [2.75, 3.05) is 26.2 Å². The Morgan fingerprint density at radius 3 is 2.64 bits per heavy atom. The topological polar surface area (TPSA) is 56.8 Å². The van der Waals surface area contributed by atoms with Crippen molar-refractivity contribution in [3.05, 3.63) is 11.6 Å². The van der Waals surface area contributed by atoms with Gasteiger partial charge < -0.3 is 5.32 Å². The first-order valence-electron chi connectivity index (χ1n) is 4.65. The highest BCUT2D eigenvalue weighted by atomic mass is 35.5. The smallest absolute Gasteiger partial charge is 0.164 e. The fraction of sp³-hybridized carbons (Fsp3) is 0.750. The Kier molecular flexibility index (Phi) is 4.31. The number of hydrogen-bond acceptors (Lipinski definition) is 4. The van der Waals surface area contributed by atoms with Gasteiger partial charge in [-0.15, -0.1) is 12.4 Å². The molecule has 0 aromatic carbocycles. The SMILES string of the molecule is Cc1nc(CN2CCNCC2)n[nH]1.Cl. The van der Waals surface area contributed by atoms with Gasteiger partial charge in [0.05, 0.1) is 6.54 Å². The summed E-state index contributed by atoms with van der Waals surface area (Å²) in [5.74, 6) is 1.80. The van der Waals surface area contributed by atoms with E-state index < -0.39 is 0 Å². The molecule has 0 atom stereocenters. The summed E-state index contributed by atoms with van der Waals surface area (Å²) in [6.45, 7) is 7.12. The zero-order valence-corrected chi connectivity index (χ0v) is 9.10. The summed E-state index contributed by atoms with van der Waals surface area (Å²) in [5, 5.41) is 10.3. The van der Waals surface area contributed by atoms with Crippen LogP contribution in [0.3, 0.4) is 0 Å². The number of aromatic nitrogens is 3. The minimum atomic E-state index is 0. The van der Waals surface area contributed by atoms with Crippen LogP contribution in [0.2, 0.25) is 0 Å². The number of rotatable bonds is 2. The third kappa shape index (κ3) is 2.94. The molecular formula is C8H16ClN5. The van der Waals surface area contributed by atoms with E-state index >= 15 is 0 Å². The van der Waals surface area contributed by atoms with Crippen LogP contribution in [0.5, 0.6) is 0 Å². The molecule has 6 heteroatoms. The summed E-state index contributed by atoms with van der Waals surface area (Å²) in [6, 6.07) is 0. The summed E-state index contributed by atoms with van der Waals surface area (Å²) >= 11 is 0. The molecule has 2 N–H and O–H groups in total. The largest absolute Gasteiger partial charge is 0.314 e. The molecule has 2 rings (SSSR count). The van der Waals surface area contributed by atoms with E-state index in [9.17, 15) is 0 Å². The number of nitrogens with zero attached hydrogens (tertiary/aromatic N) is 3. The second-order valence-corrected chi connectivity index (χ2v) is 3.36. The van der Waals surface area contributed by atoms with Crippen molar-refractivity contribution < 1.29 is 0 Å². The summed E-state index contributed by atoms with van der Waals surface area (Å²) in [7, 11) is 0. The predicted molar refractivity (Wildman–Crippen MR) is 56.5 cm³/mol. The van der Waals surface area contributed by atoms with Gasteiger partial charge in [0.25, 0.3) is 0 Å². The van der Waals surface area contributed by atoms with E-state index in [1.54, 1.807) is 0 Å². The number of H-pyrrole nitrogens is 1. The number of aryl methyl sites for hydroxylation is 1. The lowest BCUT2D eigenvalue weighted by Gasteiger charge is -2.25.